The van der Waals surface area contributed by atoms with Crippen LogP contribution in [0.5, 0.6) is 5.75 Å². The third kappa shape index (κ3) is 2.86. The molecule has 3 nitrogen and oxygen atoms in total. The fraction of sp³-hybridized carbons (Fsp3) is 0.312. The number of fused-ring (bicyclic) bond motifs is 1. The van der Waals surface area contributed by atoms with Crippen molar-refractivity contribution >= 4 is 10.8 Å². The van der Waals surface area contributed by atoms with Gasteiger partial charge >= 0.3 is 0 Å². The van der Waals surface area contributed by atoms with Gasteiger partial charge in [-0.25, -0.2) is 0 Å². The van der Waals surface area contributed by atoms with E-state index in [-0.39, 0.29) is 0 Å². The Morgan fingerprint density at radius 1 is 1.26 bits per heavy atom. The van der Waals surface area contributed by atoms with Gasteiger partial charge in [-0.05, 0) is 36.2 Å². The monoisotopic (exact) mass is 254 g/mol. The van der Waals surface area contributed by atoms with Crippen LogP contribution in [-0.2, 0) is 6.42 Å². The topological polar surface area (TPSA) is 59.0 Å². The molecule has 0 amide bonds. The number of nitriles is 1. The molecule has 98 valence electrons. The third-order valence-electron chi connectivity index (χ3n) is 3.18. The van der Waals surface area contributed by atoms with E-state index in [1.165, 1.54) is 5.39 Å². The zero-order valence-electron chi connectivity index (χ0n) is 11.1. The van der Waals surface area contributed by atoms with Crippen molar-refractivity contribution < 1.29 is 4.74 Å². The summed E-state index contributed by atoms with van der Waals surface area (Å²) in [5.74, 6) is 0.776. The molecule has 3 heteroatoms. The molecular formula is C16H18N2O. The van der Waals surface area contributed by atoms with Gasteiger partial charge in [0.1, 0.15) is 11.8 Å². The van der Waals surface area contributed by atoms with E-state index in [1.54, 1.807) is 0 Å². The van der Waals surface area contributed by atoms with Crippen LogP contribution in [0, 0.1) is 11.3 Å². The molecule has 0 bridgehead atoms. The van der Waals surface area contributed by atoms with Gasteiger partial charge in [0, 0.05) is 5.56 Å². The number of nitrogens with two attached hydrogens (primary N) is 1. The number of rotatable bonds is 5. The van der Waals surface area contributed by atoms with Crippen LogP contribution >= 0.6 is 0 Å². The van der Waals surface area contributed by atoms with E-state index in [0.29, 0.717) is 13.0 Å². The van der Waals surface area contributed by atoms with E-state index >= 15 is 0 Å². The molecule has 2 aromatic rings. The summed E-state index contributed by atoms with van der Waals surface area (Å²) in [7, 11) is 0. The highest BCUT2D eigenvalue weighted by atomic mass is 16.5. The highest BCUT2D eigenvalue weighted by Crippen LogP contribution is 2.29. The van der Waals surface area contributed by atoms with E-state index in [4.69, 9.17) is 15.7 Å². The van der Waals surface area contributed by atoms with Gasteiger partial charge in [0.25, 0.3) is 0 Å². The first-order valence-electron chi connectivity index (χ1n) is 6.57. The van der Waals surface area contributed by atoms with Gasteiger partial charge in [-0.1, -0.05) is 37.3 Å². The van der Waals surface area contributed by atoms with Crippen molar-refractivity contribution in [2.45, 2.75) is 25.9 Å². The molecular weight excluding hydrogens is 236 g/mol. The van der Waals surface area contributed by atoms with Crippen LogP contribution < -0.4 is 10.5 Å². The maximum absolute atomic E-state index is 9.02. The SMILES string of the molecule is CCC(C#N)Oc1ccc2ccccc2c1CCN. The lowest BCUT2D eigenvalue weighted by molar-refractivity contribution is 0.250. The molecule has 19 heavy (non-hydrogen) atoms. The third-order valence-corrected chi connectivity index (χ3v) is 3.18. The van der Waals surface area contributed by atoms with E-state index in [0.717, 1.165) is 23.1 Å². The van der Waals surface area contributed by atoms with Gasteiger partial charge < -0.3 is 10.5 Å². The van der Waals surface area contributed by atoms with Gasteiger partial charge in [0.2, 0.25) is 0 Å². The molecule has 0 radical (unpaired) electrons. The first-order chi connectivity index (χ1) is 9.30. The minimum absolute atomic E-state index is 0.405. The smallest absolute Gasteiger partial charge is 0.184 e. The Labute approximate surface area is 113 Å². The lowest BCUT2D eigenvalue weighted by Crippen LogP contribution is -2.14. The molecule has 0 heterocycles. The summed E-state index contributed by atoms with van der Waals surface area (Å²) in [6.07, 6.45) is 1.02. The van der Waals surface area contributed by atoms with Crippen molar-refractivity contribution in [3.8, 4) is 11.8 Å². The Balaban J connectivity index is 2.48. The van der Waals surface area contributed by atoms with Crippen molar-refractivity contribution in [2.75, 3.05) is 6.54 Å². The van der Waals surface area contributed by atoms with Crippen LogP contribution in [0.3, 0.4) is 0 Å². The highest BCUT2D eigenvalue weighted by molar-refractivity contribution is 5.87. The van der Waals surface area contributed by atoms with Crippen LogP contribution in [0.4, 0.5) is 0 Å². The maximum atomic E-state index is 9.02. The number of hydrogen-bond acceptors (Lipinski definition) is 3. The summed E-state index contributed by atoms with van der Waals surface area (Å²) in [4.78, 5) is 0. The molecule has 1 unspecified atom stereocenters. The zero-order valence-corrected chi connectivity index (χ0v) is 11.1. The Morgan fingerprint density at radius 2 is 2.05 bits per heavy atom. The average Bonchev–Trinajstić information content (AvgIpc) is 2.46. The Hall–Kier alpha value is -2.05. The number of benzene rings is 2. The second-order valence-corrected chi connectivity index (χ2v) is 4.45. The molecule has 1 atom stereocenters. The van der Waals surface area contributed by atoms with Gasteiger partial charge in [-0.15, -0.1) is 0 Å². The summed E-state index contributed by atoms with van der Waals surface area (Å²) in [5, 5.41) is 11.3. The van der Waals surface area contributed by atoms with Crippen molar-refractivity contribution in [2.24, 2.45) is 5.73 Å². The molecule has 0 aliphatic heterocycles. The Morgan fingerprint density at radius 3 is 2.74 bits per heavy atom. The molecule has 0 aliphatic rings. The standard InChI is InChI=1S/C16H18N2O/c1-2-13(11-18)19-16-8-7-12-5-3-4-6-14(12)15(16)9-10-17/h3-8,13H,2,9-10,17H2,1H3. The quantitative estimate of drug-likeness (QED) is 0.892. The summed E-state index contributed by atoms with van der Waals surface area (Å²) < 4.78 is 5.79. The lowest BCUT2D eigenvalue weighted by atomic mass is 10.0. The van der Waals surface area contributed by atoms with E-state index in [9.17, 15) is 0 Å². The van der Waals surface area contributed by atoms with E-state index in [2.05, 4.69) is 18.2 Å². The van der Waals surface area contributed by atoms with Crippen molar-refractivity contribution in [1.82, 2.24) is 0 Å². The summed E-state index contributed by atoms with van der Waals surface area (Å²) >= 11 is 0. The predicted molar refractivity (Wildman–Crippen MR) is 77.0 cm³/mol. The minimum Gasteiger partial charge on any atom is -0.475 e. The predicted octanol–water partition coefficient (Wildman–Crippen LogP) is 3.02. The van der Waals surface area contributed by atoms with Crippen LogP contribution in [0.2, 0.25) is 0 Å². The summed E-state index contributed by atoms with van der Waals surface area (Å²) in [6, 6.07) is 14.3. The second-order valence-electron chi connectivity index (χ2n) is 4.45. The molecule has 2 aromatic carbocycles. The second kappa shape index (κ2) is 6.21. The van der Waals surface area contributed by atoms with Gasteiger partial charge in [0.15, 0.2) is 6.10 Å². The first-order valence-corrected chi connectivity index (χ1v) is 6.57. The Bertz CT molecular complexity index is 601. The van der Waals surface area contributed by atoms with Gasteiger partial charge in [-0.2, -0.15) is 5.26 Å². The molecule has 0 spiro atoms. The molecule has 2 N–H and O–H groups in total. The lowest BCUT2D eigenvalue weighted by Gasteiger charge is -2.16. The van der Waals surface area contributed by atoms with E-state index in [1.807, 2.05) is 31.2 Å². The van der Waals surface area contributed by atoms with Crippen LogP contribution in [-0.4, -0.2) is 12.6 Å². The number of hydrogen-bond donors (Lipinski definition) is 1. The maximum Gasteiger partial charge on any atom is 0.184 e. The average molecular weight is 254 g/mol. The molecule has 0 aromatic heterocycles. The van der Waals surface area contributed by atoms with Crippen LogP contribution in [0.25, 0.3) is 10.8 Å². The molecule has 0 aliphatic carbocycles. The number of ether oxygens (including phenoxy) is 1. The van der Waals surface area contributed by atoms with Gasteiger partial charge in [-0.3, -0.25) is 0 Å². The molecule has 0 saturated heterocycles. The first kappa shape index (κ1) is 13.4. The van der Waals surface area contributed by atoms with Gasteiger partial charge in [0.05, 0.1) is 0 Å². The zero-order chi connectivity index (χ0) is 13.7. The normalized spacial score (nSPS) is 12.1. The van der Waals surface area contributed by atoms with Crippen molar-refractivity contribution in [3.05, 3.63) is 42.0 Å². The van der Waals surface area contributed by atoms with Crippen molar-refractivity contribution in [1.29, 1.82) is 5.26 Å². The number of nitrogens with zero attached hydrogens (tertiary/aromatic N) is 1. The van der Waals surface area contributed by atoms with Crippen molar-refractivity contribution in [3.63, 3.8) is 0 Å². The largest absolute Gasteiger partial charge is 0.475 e. The summed E-state index contributed by atoms with van der Waals surface area (Å²) in [5.41, 5.74) is 6.79. The Kier molecular flexibility index (Phi) is 4.38. The fourth-order valence-electron chi connectivity index (χ4n) is 2.18. The highest BCUT2D eigenvalue weighted by Gasteiger charge is 2.12. The minimum atomic E-state index is -0.405. The van der Waals surface area contributed by atoms with E-state index < -0.39 is 6.10 Å². The molecule has 2 rings (SSSR count). The molecule has 0 saturated carbocycles. The summed E-state index contributed by atoms with van der Waals surface area (Å²) in [6.45, 7) is 2.51. The van der Waals surface area contributed by atoms with Crippen LogP contribution in [0.15, 0.2) is 36.4 Å². The fourth-order valence-corrected chi connectivity index (χ4v) is 2.18. The van der Waals surface area contributed by atoms with Crippen LogP contribution in [0.1, 0.15) is 18.9 Å². The molecule has 0 fully saturated rings.